The lowest BCUT2D eigenvalue weighted by atomic mass is 9.79. The fraction of sp³-hybridized carbons (Fsp3) is 0.824. The number of nitrogens with zero attached hydrogens (tertiary/aromatic N) is 2. The smallest absolute Gasteiger partial charge is 0.0897 e. The lowest BCUT2D eigenvalue weighted by Gasteiger charge is -2.46. The second-order valence-electron chi connectivity index (χ2n) is 6.58. The van der Waals surface area contributed by atoms with Crippen LogP contribution in [0.2, 0.25) is 0 Å². The normalized spacial score (nSPS) is 20.4. The zero-order chi connectivity index (χ0) is 15.3. The molecule has 1 aromatic rings. The van der Waals surface area contributed by atoms with Gasteiger partial charge in [-0.3, -0.25) is 0 Å². The standard InChI is InChI=1S/C17H31N3S/c1-5-18-16(12-15-13-21-14(2)19-15)17(20(3)4)10-8-6-7-9-11-17/h13,16,18H,5-12H2,1-4H3. The molecule has 1 aromatic heterocycles. The van der Waals surface area contributed by atoms with E-state index in [0.29, 0.717) is 6.04 Å². The van der Waals surface area contributed by atoms with Crippen LogP contribution in [0.25, 0.3) is 0 Å². The van der Waals surface area contributed by atoms with Crippen molar-refractivity contribution in [1.29, 1.82) is 0 Å². The Kier molecular flexibility index (Phi) is 6.20. The maximum atomic E-state index is 4.70. The van der Waals surface area contributed by atoms with Crippen molar-refractivity contribution in [2.45, 2.75) is 70.4 Å². The van der Waals surface area contributed by atoms with Gasteiger partial charge in [0, 0.05) is 23.4 Å². The summed E-state index contributed by atoms with van der Waals surface area (Å²) >= 11 is 1.77. The van der Waals surface area contributed by atoms with Gasteiger partial charge in [-0.2, -0.15) is 0 Å². The monoisotopic (exact) mass is 309 g/mol. The number of aryl methyl sites for hydroxylation is 1. The SMILES string of the molecule is CCNC(Cc1csc(C)n1)C1(N(C)C)CCCCCC1. The van der Waals surface area contributed by atoms with Crippen LogP contribution in [0.5, 0.6) is 0 Å². The Balaban J connectivity index is 2.22. The number of aromatic nitrogens is 1. The highest BCUT2D eigenvalue weighted by Crippen LogP contribution is 2.35. The Morgan fingerprint density at radius 2 is 1.95 bits per heavy atom. The number of nitrogens with one attached hydrogen (secondary N) is 1. The Morgan fingerprint density at radius 3 is 2.43 bits per heavy atom. The van der Waals surface area contributed by atoms with Crippen molar-refractivity contribution in [2.24, 2.45) is 0 Å². The zero-order valence-corrected chi connectivity index (χ0v) is 14.9. The number of thiazole rings is 1. The van der Waals surface area contributed by atoms with Gasteiger partial charge in [0.25, 0.3) is 0 Å². The molecule has 0 spiro atoms. The molecular formula is C17H31N3S. The minimum atomic E-state index is 0.282. The highest BCUT2D eigenvalue weighted by molar-refractivity contribution is 7.09. The lowest BCUT2D eigenvalue weighted by molar-refractivity contribution is 0.0805. The molecule has 1 N–H and O–H groups in total. The highest BCUT2D eigenvalue weighted by atomic mass is 32.1. The first kappa shape index (κ1) is 16.9. The van der Waals surface area contributed by atoms with Gasteiger partial charge in [0.15, 0.2) is 0 Å². The minimum absolute atomic E-state index is 0.282. The molecule has 0 aliphatic heterocycles. The first-order valence-electron chi connectivity index (χ1n) is 8.40. The lowest BCUT2D eigenvalue weighted by Crippen LogP contribution is -2.59. The van der Waals surface area contributed by atoms with E-state index in [9.17, 15) is 0 Å². The quantitative estimate of drug-likeness (QED) is 0.813. The maximum Gasteiger partial charge on any atom is 0.0897 e. The molecule has 3 nitrogen and oxygen atoms in total. The first-order chi connectivity index (χ1) is 10.1. The van der Waals surface area contributed by atoms with Gasteiger partial charge in [0.05, 0.1) is 10.7 Å². The molecule has 21 heavy (non-hydrogen) atoms. The number of likely N-dealkylation sites (N-methyl/N-ethyl adjacent to an activating group) is 2. The molecule has 1 heterocycles. The van der Waals surface area contributed by atoms with Gasteiger partial charge in [-0.05, 0) is 40.4 Å². The summed E-state index contributed by atoms with van der Waals surface area (Å²) in [6, 6.07) is 0.497. The van der Waals surface area contributed by atoms with Crippen molar-refractivity contribution >= 4 is 11.3 Å². The number of rotatable bonds is 6. The van der Waals surface area contributed by atoms with Crippen LogP contribution < -0.4 is 5.32 Å². The van der Waals surface area contributed by atoms with E-state index in [2.05, 4.69) is 43.5 Å². The summed E-state index contributed by atoms with van der Waals surface area (Å²) in [5.74, 6) is 0. The van der Waals surface area contributed by atoms with E-state index < -0.39 is 0 Å². The molecule has 1 aliphatic rings. The zero-order valence-electron chi connectivity index (χ0n) is 14.1. The van der Waals surface area contributed by atoms with Crippen LogP contribution in [0.15, 0.2) is 5.38 Å². The van der Waals surface area contributed by atoms with Gasteiger partial charge >= 0.3 is 0 Å². The van der Waals surface area contributed by atoms with Crippen LogP contribution >= 0.6 is 11.3 Å². The average molecular weight is 310 g/mol. The molecule has 1 unspecified atom stereocenters. The topological polar surface area (TPSA) is 28.2 Å². The Bertz CT molecular complexity index is 419. The van der Waals surface area contributed by atoms with Crippen molar-refractivity contribution in [2.75, 3.05) is 20.6 Å². The molecule has 0 radical (unpaired) electrons. The van der Waals surface area contributed by atoms with Crippen LogP contribution in [-0.4, -0.2) is 42.1 Å². The molecule has 1 atom stereocenters. The van der Waals surface area contributed by atoms with Gasteiger partial charge in [0.1, 0.15) is 0 Å². The first-order valence-corrected chi connectivity index (χ1v) is 9.28. The average Bonchev–Trinajstić information content (AvgIpc) is 2.72. The Labute approximate surface area is 134 Å². The summed E-state index contributed by atoms with van der Waals surface area (Å²) in [6.07, 6.45) is 9.17. The van der Waals surface area contributed by atoms with E-state index in [4.69, 9.17) is 4.98 Å². The molecular weight excluding hydrogens is 278 g/mol. The third-order valence-electron chi connectivity index (χ3n) is 5.04. The molecule has 0 aromatic carbocycles. The predicted molar refractivity (Wildman–Crippen MR) is 92.1 cm³/mol. The third-order valence-corrected chi connectivity index (χ3v) is 5.86. The Hall–Kier alpha value is -0.450. The molecule has 2 rings (SSSR count). The fourth-order valence-corrected chi connectivity index (χ4v) is 4.48. The van der Waals surface area contributed by atoms with E-state index >= 15 is 0 Å². The van der Waals surface area contributed by atoms with Crippen molar-refractivity contribution < 1.29 is 0 Å². The summed E-state index contributed by atoms with van der Waals surface area (Å²) in [5, 5.41) is 7.20. The Morgan fingerprint density at radius 1 is 1.29 bits per heavy atom. The summed E-state index contributed by atoms with van der Waals surface area (Å²) in [5.41, 5.74) is 1.54. The number of hydrogen-bond acceptors (Lipinski definition) is 4. The largest absolute Gasteiger partial charge is 0.312 e. The van der Waals surface area contributed by atoms with Crippen molar-refractivity contribution in [1.82, 2.24) is 15.2 Å². The third kappa shape index (κ3) is 4.05. The molecule has 1 fully saturated rings. The minimum Gasteiger partial charge on any atom is -0.312 e. The van der Waals surface area contributed by atoms with E-state index in [0.717, 1.165) is 13.0 Å². The van der Waals surface area contributed by atoms with Gasteiger partial charge in [0.2, 0.25) is 0 Å². The van der Waals surface area contributed by atoms with Crippen molar-refractivity contribution in [3.8, 4) is 0 Å². The highest BCUT2D eigenvalue weighted by Gasteiger charge is 2.40. The second-order valence-corrected chi connectivity index (χ2v) is 7.65. The van der Waals surface area contributed by atoms with Crippen molar-refractivity contribution in [3.05, 3.63) is 16.1 Å². The van der Waals surface area contributed by atoms with Crippen LogP contribution in [0.3, 0.4) is 0 Å². The second kappa shape index (κ2) is 7.70. The van der Waals surface area contributed by atoms with Crippen LogP contribution in [0.4, 0.5) is 0 Å². The van der Waals surface area contributed by atoms with E-state index in [1.165, 1.54) is 49.2 Å². The summed E-state index contributed by atoms with van der Waals surface area (Å²) in [6.45, 7) is 5.35. The van der Waals surface area contributed by atoms with Gasteiger partial charge in [-0.25, -0.2) is 4.98 Å². The molecule has 0 saturated heterocycles. The maximum absolute atomic E-state index is 4.70. The molecule has 1 saturated carbocycles. The summed E-state index contributed by atoms with van der Waals surface area (Å²) in [7, 11) is 4.53. The molecule has 1 aliphatic carbocycles. The summed E-state index contributed by atoms with van der Waals surface area (Å²) < 4.78 is 0. The van der Waals surface area contributed by atoms with E-state index in [-0.39, 0.29) is 5.54 Å². The molecule has 0 bridgehead atoms. The predicted octanol–water partition coefficient (Wildman–Crippen LogP) is 3.63. The van der Waals surface area contributed by atoms with E-state index in [1.807, 2.05) is 0 Å². The van der Waals surface area contributed by atoms with Crippen LogP contribution in [-0.2, 0) is 6.42 Å². The van der Waals surface area contributed by atoms with E-state index in [1.54, 1.807) is 11.3 Å². The number of hydrogen-bond donors (Lipinski definition) is 1. The van der Waals surface area contributed by atoms with Gasteiger partial charge < -0.3 is 10.2 Å². The van der Waals surface area contributed by atoms with Gasteiger partial charge in [-0.1, -0.05) is 32.6 Å². The van der Waals surface area contributed by atoms with Crippen molar-refractivity contribution in [3.63, 3.8) is 0 Å². The molecule has 120 valence electrons. The fourth-order valence-electron chi connectivity index (χ4n) is 3.86. The van der Waals surface area contributed by atoms with Crippen LogP contribution in [0.1, 0.15) is 56.2 Å². The summed E-state index contributed by atoms with van der Waals surface area (Å²) in [4.78, 5) is 7.19. The molecule has 4 heteroatoms. The molecule has 0 amide bonds. The van der Waals surface area contributed by atoms with Crippen LogP contribution in [0, 0.1) is 6.92 Å². The van der Waals surface area contributed by atoms with Gasteiger partial charge in [-0.15, -0.1) is 11.3 Å².